The number of benzene rings is 1. The van der Waals surface area contributed by atoms with Gasteiger partial charge in [0.2, 0.25) is 5.88 Å². The van der Waals surface area contributed by atoms with Gasteiger partial charge in [-0.25, -0.2) is 4.98 Å². The molecule has 0 spiro atoms. The Labute approximate surface area is 126 Å². The van der Waals surface area contributed by atoms with Crippen molar-refractivity contribution < 1.29 is 5.11 Å². The maximum Gasteiger partial charge on any atom is 0.263 e. The molecular weight excluding hydrogens is 342 g/mol. The van der Waals surface area contributed by atoms with Gasteiger partial charge in [0.1, 0.15) is 5.56 Å². The topological polar surface area (TPSA) is 78.9 Å². The Morgan fingerprint density at radius 3 is 2.85 bits per heavy atom. The van der Waals surface area contributed by atoms with E-state index < -0.39 is 5.56 Å². The van der Waals surface area contributed by atoms with Crippen LogP contribution in [-0.2, 0) is 0 Å². The minimum Gasteiger partial charge on any atom is -0.493 e. The first-order valence-corrected chi connectivity index (χ1v) is 7.31. The highest BCUT2D eigenvalue weighted by Crippen LogP contribution is 2.27. The Morgan fingerprint density at radius 2 is 2.20 bits per heavy atom. The fourth-order valence-corrected chi connectivity index (χ4v) is 2.79. The van der Waals surface area contributed by atoms with E-state index in [2.05, 4.69) is 30.9 Å². The molecule has 0 bridgehead atoms. The third kappa shape index (κ3) is 2.37. The lowest BCUT2D eigenvalue weighted by molar-refractivity contribution is 0.454. The van der Waals surface area contributed by atoms with Gasteiger partial charge in [0.05, 0.1) is 0 Å². The molecule has 7 heteroatoms. The molecule has 0 fully saturated rings. The van der Waals surface area contributed by atoms with Crippen LogP contribution in [0.3, 0.4) is 0 Å². The predicted molar refractivity (Wildman–Crippen MR) is 80.8 cm³/mol. The number of thiazole rings is 1. The zero-order valence-corrected chi connectivity index (χ0v) is 12.4. The van der Waals surface area contributed by atoms with Gasteiger partial charge in [-0.1, -0.05) is 28.1 Å². The SMILES string of the molecule is O=c1[nH]c(-c2nccs2)nc(O)c1-c1cccc(Br)c1. The second kappa shape index (κ2) is 5.18. The van der Waals surface area contributed by atoms with Gasteiger partial charge in [0, 0.05) is 16.0 Å². The van der Waals surface area contributed by atoms with E-state index in [4.69, 9.17) is 0 Å². The molecule has 3 rings (SSSR count). The van der Waals surface area contributed by atoms with Crippen LogP contribution in [0.1, 0.15) is 0 Å². The number of aromatic amines is 1. The summed E-state index contributed by atoms with van der Waals surface area (Å²) in [5.74, 6) is -0.0432. The molecule has 20 heavy (non-hydrogen) atoms. The molecule has 100 valence electrons. The van der Waals surface area contributed by atoms with E-state index >= 15 is 0 Å². The molecular formula is C13H8BrN3O2S. The van der Waals surface area contributed by atoms with Crippen LogP contribution in [0.2, 0.25) is 0 Å². The van der Waals surface area contributed by atoms with Crippen molar-refractivity contribution in [1.82, 2.24) is 15.0 Å². The molecule has 0 saturated heterocycles. The van der Waals surface area contributed by atoms with E-state index in [1.807, 2.05) is 6.07 Å². The van der Waals surface area contributed by atoms with Crippen LogP contribution in [0, 0.1) is 0 Å². The first kappa shape index (κ1) is 13.0. The number of hydrogen-bond donors (Lipinski definition) is 2. The van der Waals surface area contributed by atoms with Crippen LogP contribution in [0.15, 0.2) is 45.1 Å². The van der Waals surface area contributed by atoms with E-state index in [-0.39, 0.29) is 17.3 Å². The van der Waals surface area contributed by atoms with Gasteiger partial charge in [-0.15, -0.1) is 11.3 Å². The molecule has 0 atom stereocenters. The fourth-order valence-electron chi connectivity index (χ4n) is 1.81. The largest absolute Gasteiger partial charge is 0.493 e. The van der Waals surface area contributed by atoms with Crippen LogP contribution < -0.4 is 5.56 Å². The van der Waals surface area contributed by atoms with Gasteiger partial charge in [-0.2, -0.15) is 4.98 Å². The smallest absolute Gasteiger partial charge is 0.263 e. The zero-order chi connectivity index (χ0) is 14.1. The van der Waals surface area contributed by atoms with Crippen molar-refractivity contribution in [3.63, 3.8) is 0 Å². The number of hydrogen-bond acceptors (Lipinski definition) is 5. The first-order valence-electron chi connectivity index (χ1n) is 5.64. The molecule has 0 aliphatic rings. The van der Waals surface area contributed by atoms with Crippen molar-refractivity contribution >= 4 is 27.3 Å². The van der Waals surface area contributed by atoms with Crippen molar-refractivity contribution in [2.24, 2.45) is 0 Å². The van der Waals surface area contributed by atoms with E-state index in [0.29, 0.717) is 10.6 Å². The third-order valence-corrected chi connectivity index (χ3v) is 3.92. The van der Waals surface area contributed by atoms with Gasteiger partial charge in [-0.05, 0) is 17.7 Å². The number of rotatable bonds is 2. The van der Waals surface area contributed by atoms with Gasteiger partial charge in [0.15, 0.2) is 10.8 Å². The summed E-state index contributed by atoms with van der Waals surface area (Å²) in [7, 11) is 0. The van der Waals surface area contributed by atoms with E-state index in [1.165, 1.54) is 11.3 Å². The Morgan fingerprint density at radius 1 is 1.35 bits per heavy atom. The molecule has 0 unspecified atom stereocenters. The standard InChI is InChI=1S/C13H8BrN3O2S/c14-8-3-1-2-7(6-8)9-11(18)16-10(17-12(9)19)13-15-4-5-20-13/h1-6H,(H2,16,17,18,19). The lowest BCUT2D eigenvalue weighted by atomic mass is 10.1. The monoisotopic (exact) mass is 349 g/mol. The average Bonchev–Trinajstić information content (AvgIpc) is 2.91. The summed E-state index contributed by atoms with van der Waals surface area (Å²) in [5.41, 5.74) is 0.337. The van der Waals surface area contributed by atoms with Crippen molar-refractivity contribution in [2.45, 2.75) is 0 Å². The minimum absolute atomic E-state index is 0.145. The van der Waals surface area contributed by atoms with Crippen LogP contribution >= 0.6 is 27.3 Å². The second-order valence-corrected chi connectivity index (χ2v) is 5.77. The number of aromatic nitrogens is 3. The van der Waals surface area contributed by atoms with E-state index in [9.17, 15) is 9.90 Å². The Kier molecular flexibility index (Phi) is 3.37. The maximum absolute atomic E-state index is 12.2. The Hall–Kier alpha value is -1.99. The molecule has 2 N–H and O–H groups in total. The molecule has 3 aromatic rings. The molecule has 2 aromatic heterocycles. The molecule has 0 radical (unpaired) electrons. The minimum atomic E-state index is -0.402. The first-order chi connectivity index (χ1) is 9.65. The zero-order valence-electron chi connectivity index (χ0n) is 10.0. The van der Waals surface area contributed by atoms with Gasteiger partial charge in [-0.3, -0.25) is 4.79 Å². The average molecular weight is 350 g/mol. The van der Waals surface area contributed by atoms with Crippen LogP contribution in [0.4, 0.5) is 0 Å². The van der Waals surface area contributed by atoms with E-state index in [0.717, 1.165) is 4.47 Å². The molecule has 0 saturated carbocycles. The van der Waals surface area contributed by atoms with Crippen molar-refractivity contribution in [3.05, 3.63) is 50.7 Å². The van der Waals surface area contributed by atoms with Crippen molar-refractivity contribution in [1.29, 1.82) is 0 Å². The predicted octanol–water partition coefficient (Wildman–Crippen LogP) is 3.03. The lowest BCUT2D eigenvalue weighted by Gasteiger charge is -2.05. The summed E-state index contributed by atoms with van der Waals surface area (Å²) in [5, 5.41) is 12.4. The molecule has 1 aromatic carbocycles. The summed E-state index contributed by atoms with van der Waals surface area (Å²) in [6, 6.07) is 7.11. The van der Waals surface area contributed by atoms with Crippen molar-refractivity contribution in [2.75, 3.05) is 0 Å². The molecule has 0 aliphatic heterocycles. The van der Waals surface area contributed by atoms with Crippen LogP contribution in [-0.4, -0.2) is 20.1 Å². The Bertz CT molecular complexity index is 815. The third-order valence-electron chi connectivity index (χ3n) is 2.65. The lowest BCUT2D eigenvalue weighted by Crippen LogP contribution is -2.12. The normalized spacial score (nSPS) is 10.7. The summed E-state index contributed by atoms with van der Waals surface area (Å²) in [4.78, 5) is 22.9. The summed E-state index contributed by atoms with van der Waals surface area (Å²) < 4.78 is 0.817. The summed E-state index contributed by atoms with van der Waals surface area (Å²) >= 11 is 4.67. The number of nitrogens with zero attached hydrogens (tertiary/aromatic N) is 2. The van der Waals surface area contributed by atoms with Crippen LogP contribution in [0.25, 0.3) is 22.0 Å². The second-order valence-electron chi connectivity index (χ2n) is 3.96. The summed E-state index contributed by atoms with van der Waals surface area (Å²) in [6.07, 6.45) is 1.61. The Balaban J connectivity index is 2.17. The highest BCUT2D eigenvalue weighted by molar-refractivity contribution is 9.10. The van der Waals surface area contributed by atoms with Gasteiger partial charge in [0.25, 0.3) is 5.56 Å². The quantitative estimate of drug-likeness (QED) is 0.745. The van der Waals surface area contributed by atoms with Crippen molar-refractivity contribution in [3.8, 4) is 27.8 Å². The fraction of sp³-hybridized carbons (Fsp3) is 0. The maximum atomic E-state index is 12.2. The highest BCUT2D eigenvalue weighted by Gasteiger charge is 2.15. The summed E-state index contributed by atoms with van der Waals surface area (Å²) in [6.45, 7) is 0. The number of H-pyrrole nitrogens is 1. The molecule has 5 nitrogen and oxygen atoms in total. The molecule has 2 heterocycles. The highest BCUT2D eigenvalue weighted by atomic mass is 79.9. The number of nitrogens with one attached hydrogen (secondary N) is 1. The van der Waals surface area contributed by atoms with E-state index in [1.54, 1.807) is 29.8 Å². The van der Waals surface area contributed by atoms with Gasteiger partial charge >= 0.3 is 0 Å². The molecule has 0 amide bonds. The van der Waals surface area contributed by atoms with Crippen LogP contribution in [0.5, 0.6) is 5.88 Å². The number of aromatic hydroxyl groups is 1. The molecule has 0 aliphatic carbocycles. The van der Waals surface area contributed by atoms with Gasteiger partial charge < -0.3 is 10.1 Å². The number of halogens is 1.